The van der Waals surface area contributed by atoms with Gasteiger partial charge in [0.2, 0.25) is 0 Å². The number of carbonyl (C=O) groups excluding carboxylic acids is 1. The highest BCUT2D eigenvalue weighted by Crippen LogP contribution is 2.32. The molecule has 1 saturated heterocycles. The molecule has 2 aliphatic rings. The Morgan fingerprint density at radius 1 is 1.35 bits per heavy atom. The largest absolute Gasteiger partial charge is 0.480 e. The van der Waals surface area contributed by atoms with Gasteiger partial charge in [-0.1, -0.05) is 0 Å². The van der Waals surface area contributed by atoms with Crippen LogP contribution in [0.4, 0.5) is 4.79 Å². The van der Waals surface area contributed by atoms with Crippen molar-refractivity contribution in [3.8, 4) is 0 Å². The van der Waals surface area contributed by atoms with Gasteiger partial charge in [0.05, 0.1) is 0 Å². The number of likely N-dealkylation sites (N-methyl/N-ethyl adjacent to an activating group) is 1. The van der Waals surface area contributed by atoms with Crippen LogP contribution in [0.2, 0.25) is 0 Å². The molecule has 1 aliphatic carbocycles. The fourth-order valence-corrected chi connectivity index (χ4v) is 2.23. The number of hydrogen-bond acceptors (Lipinski definition) is 3. The van der Waals surface area contributed by atoms with Crippen LogP contribution in [0, 0.1) is 5.92 Å². The lowest BCUT2D eigenvalue weighted by Gasteiger charge is -2.17. The van der Waals surface area contributed by atoms with Crippen LogP contribution in [-0.2, 0) is 4.79 Å². The van der Waals surface area contributed by atoms with Gasteiger partial charge < -0.3 is 20.6 Å². The van der Waals surface area contributed by atoms with Crippen LogP contribution in [0.25, 0.3) is 0 Å². The SMILES string of the molecule is CN1CCC(NC(=O)NC(C(=O)O)C2CC2)C1. The maximum Gasteiger partial charge on any atom is 0.326 e. The van der Waals surface area contributed by atoms with E-state index in [1.807, 2.05) is 7.05 Å². The molecule has 0 aromatic carbocycles. The zero-order valence-corrected chi connectivity index (χ0v) is 9.98. The van der Waals surface area contributed by atoms with Gasteiger partial charge in [-0.3, -0.25) is 0 Å². The Kier molecular flexibility index (Phi) is 3.51. The molecule has 2 amide bonds. The Morgan fingerprint density at radius 2 is 2.06 bits per heavy atom. The van der Waals surface area contributed by atoms with E-state index in [2.05, 4.69) is 15.5 Å². The molecular formula is C11H19N3O3. The Hall–Kier alpha value is -1.30. The van der Waals surface area contributed by atoms with Crippen molar-refractivity contribution >= 4 is 12.0 Å². The Bertz CT molecular complexity index is 317. The van der Waals surface area contributed by atoms with Crippen molar-refractivity contribution in [2.24, 2.45) is 5.92 Å². The number of nitrogens with zero attached hydrogens (tertiary/aromatic N) is 1. The molecule has 0 aromatic heterocycles. The van der Waals surface area contributed by atoms with Gasteiger partial charge in [0.25, 0.3) is 0 Å². The molecular weight excluding hydrogens is 222 g/mol. The summed E-state index contributed by atoms with van der Waals surface area (Å²) in [5.41, 5.74) is 0. The minimum absolute atomic E-state index is 0.115. The molecule has 96 valence electrons. The quantitative estimate of drug-likeness (QED) is 0.639. The van der Waals surface area contributed by atoms with Crippen molar-refractivity contribution in [1.29, 1.82) is 0 Å². The zero-order valence-electron chi connectivity index (χ0n) is 9.98. The van der Waals surface area contributed by atoms with Gasteiger partial charge in [0.15, 0.2) is 0 Å². The first kappa shape index (κ1) is 12.2. The number of carboxylic acid groups (broad SMARTS) is 1. The Labute approximate surface area is 100 Å². The molecule has 2 rings (SSSR count). The predicted molar refractivity (Wildman–Crippen MR) is 61.7 cm³/mol. The highest BCUT2D eigenvalue weighted by Gasteiger charge is 2.37. The fraction of sp³-hybridized carbons (Fsp3) is 0.818. The first-order valence-electron chi connectivity index (χ1n) is 6.04. The molecule has 0 spiro atoms. The van der Waals surface area contributed by atoms with Crippen molar-refractivity contribution < 1.29 is 14.7 Å². The van der Waals surface area contributed by atoms with E-state index in [-0.39, 0.29) is 18.0 Å². The first-order valence-corrected chi connectivity index (χ1v) is 6.04. The second-order valence-corrected chi connectivity index (χ2v) is 5.02. The van der Waals surface area contributed by atoms with Crippen LogP contribution in [0.1, 0.15) is 19.3 Å². The average Bonchev–Trinajstić information content (AvgIpc) is 3.00. The molecule has 0 bridgehead atoms. The molecule has 0 aromatic rings. The van der Waals surface area contributed by atoms with Crippen LogP contribution in [-0.4, -0.2) is 54.2 Å². The third-order valence-electron chi connectivity index (χ3n) is 3.37. The van der Waals surface area contributed by atoms with Crippen molar-refractivity contribution in [1.82, 2.24) is 15.5 Å². The van der Waals surface area contributed by atoms with Gasteiger partial charge in [-0.05, 0) is 38.8 Å². The van der Waals surface area contributed by atoms with Gasteiger partial charge in [-0.2, -0.15) is 0 Å². The Balaban J connectivity index is 1.77. The van der Waals surface area contributed by atoms with E-state index in [1.54, 1.807) is 0 Å². The zero-order chi connectivity index (χ0) is 12.4. The van der Waals surface area contributed by atoms with E-state index in [0.717, 1.165) is 32.4 Å². The molecule has 1 heterocycles. The van der Waals surface area contributed by atoms with Gasteiger partial charge in [0, 0.05) is 12.6 Å². The molecule has 1 saturated carbocycles. The lowest BCUT2D eigenvalue weighted by molar-refractivity contribution is -0.139. The van der Waals surface area contributed by atoms with Crippen LogP contribution >= 0.6 is 0 Å². The summed E-state index contributed by atoms with van der Waals surface area (Å²) >= 11 is 0. The standard InChI is InChI=1S/C11H19N3O3/c1-14-5-4-8(6-14)12-11(17)13-9(10(15)16)7-2-3-7/h7-9H,2-6H2,1H3,(H,15,16)(H2,12,13,17). The molecule has 1 aliphatic heterocycles. The van der Waals surface area contributed by atoms with Crippen molar-refractivity contribution in [3.05, 3.63) is 0 Å². The molecule has 2 fully saturated rings. The number of carbonyl (C=O) groups is 2. The lowest BCUT2D eigenvalue weighted by atomic mass is 10.2. The molecule has 2 unspecified atom stereocenters. The van der Waals surface area contributed by atoms with Crippen LogP contribution < -0.4 is 10.6 Å². The van der Waals surface area contributed by atoms with E-state index in [4.69, 9.17) is 5.11 Å². The van der Waals surface area contributed by atoms with Crippen LogP contribution in [0.5, 0.6) is 0 Å². The number of nitrogens with one attached hydrogen (secondary N) is 2. The minimum atomic E-state index is -0.939. The van der Waals surface area contributed by atoms with Gasteiger partial charge in [0.1, 0.15) is 6.04 Å². The topological polar surface area (TPSA) is 81.7 Å². The summed E-state index contributed by atoms with van der Waals surface area (Å²) < 4.78 is 0. The normalized spacial score (nSPS) is 26.5. The third kappa shape index (κ3) is 3.33. The molecule has 17 heavy (non-hydrogen) atoms. The van der Waals surface area contributed by atoms with Crippen LogP contribution in [0.3, 0.4) is 0 Å². The average molecular weight is 241 g/mol. The number of hydrogen-bond donors (Lipinski definition) is 3. The van der Waals surface area contributed by atoms with Crippen molar-refractivity contribution in [2.75, 3.05) is 20.1 Å². The molecule has 6 heteroatoms. The van der Waals surface area contributed by atoms with Gasteiger partial charge in [-0.15, -0.1) is 0 Å². The number of likely N-dealkylation sites (tertiary alicyclic amines) is 1. The minimum Gasteiger partial charge on any atom is -0.480 e. The first-order chi connectivity index (χ1) is 8.06. The summed E-state index contributed by atoms with van der Waals surface area (Å²) in [6.07, 6.45) is 2.71. The van der Waals surface area contributed by atoms with E-state index in [1.165, 1.54) is 0 Å². The predicted octanol–water partition coefficient (Wildman–Crippen LogP) is -0.147. The van der Waals surface area contributed by atoms with Crippen molar-refractivity contribution in [2.45, 2.75) is 31.3 Å². The summed E-state index contributed by atoms with van der Waals surface area (Å²) in [6, 6.07) is -0.951. The third-order valence-corrected chi connectivity index (χ3v) is 3.37. The molecule has 6 nitrogen and oxygen atoms in total. The lowest BCUT2D eigenvalue weighted by Crippen LogP contribution is -2.50. The van der Waals surface area contributed by atoms with E-state index in [9.17, 15) is 9.59 Å². The highest BCUT2D eigenvalue weighted by atomic mass is 16.4. The van der Waals surface area contributed by atoms with E-state index < -0.39 is 12.0 Å². The summed E-state index contributed by atoms with van der Waals surface area (Å²) in [6.45, 7) is 1.80. The number of aliphatic carboxylic acids is 1. The molecule has 2 atom stereocenters. The van der Waals surface area contributed by atoms with Gasteiger partial charge >= 0.3 is 12.0 Å². The number of rotatable bonds is 4. The summed E-state index contributed by atoms with van der Waals surface area (Å²) in [4.78, 5) is 24.7. The van der Waals surface area contributed by atoms with Crippen LogP contribution in [0.15, 0.2) is 0 Å². The number of amides is 2. The molecule has 3 N–H and O–H groups in total. The fourth-order valence-electron chi connectivity index (χ4n) is 2.23. The summed E-state index contributed by atoms with van der Waals surface area (Å²) in [5, 5.41) is 14.4. The maximum absolute atomic E-state index is 11.6. The monoisotopic (exact) mass is 241 g/mol. The second-order valence-electron chi connectivity index (χ2n) is 5.02. The number of carboxylic acids is 1. The van der Waals surface area contributed by atoms with E-state index >= 15 is 0 Å². The van der Waals surface area contributed by atoms with Crippen molar-refractivity contribution in [3.63, 3.8) is 0 Å². The highest BCUT2D eigenvalue weighted by molar-refractivity contribution is 5.83. The molecule has 0 radical (unpaired) electrons. The number of urea groups is 1. The summed E-state index contributed by atoms with van der Waals surface area (Å²) in [5.74, 6) is -0.823. The smallest absolute Gasteiger partial charge is 0.326 e. The van der Waals surface area contributed by atoms with Gasteiger partial charge in [-0.25, -0.2) is 9.59 Å². The van der Waals surface area contributed by atoms with E-state index in [0.29, 0.717) is 0 Å². The summed E-state index contributed by atoms with van der Waals surface area (Å²) in [7, 11) is 2.00. The second kappa shape index (κ2) is 4.91. The Morgan fingerprint density at radius 3 is 2.53 bits per heavy atom. The maximum atomic E-state index is 11.6.